The van der Waals surface area contributed by atoms with Crippen molar-refractivity contribution < 1.29 is 4.79 Å². The molecule has 1 aliphatic rings. The maximum Gasteiger partial charge on any atom is 0.219 e. The average Bonchev–Trinajstić information content (AvgIpc) is 2.38. The Morgan fingerprint density at radius 3 is 2.53 bits per heavy atom. The molecule has 1 aliphatic heterocycles. The summed E-state index contributed by atoms with van der Waals surface area (Å²) in [5, 5.41) is 7.51. The number of nitrogen functional groups attached to an aromatic ring is 1. The fourth-order valence-corrected chi connectivity index (χ4v) is 2.77. The number of hydrogen-bond donors (Lipinski definition) is 2. The summed E-state index contributed by atoms with van der Waals surface area (Å²) in [6.07, 6.45) is 1.29. The second kappa shape index (κ2) is 5.61. The topological polar surface area (TPSA) is 73.4 Å². The Bertz CT molecular complexity index is 510. The normalized spacial score (nSPS) is 15.5. The molecule has 0 spiro atoms. The number of nitrogens with zero attached hydrogens (tertiary/aromatic N) is 2. The zero-order valence-electron chi connectivity index (χ0n) is 10.8. The van der Waals surface area contributed by atoms with E-state index >= 15 is 0 Å². The van der Waals surface area contributed by atoms with Crippen molar-refractivity contribution in [1.29, 1.82) is 5.41 Å². The third-order valence-corrected chi connectivity index (χ3v) is 3.82. The number of hydrogen-bond acceptors (Lipinski definition) is 4. The van der Waals surface area contributed by atoms with Crippen LogP contribution in [0.4, 0.5) is 11.4 Å². The minimum Gasteiger partial charge on any atom is -0.398 e. The van der Waals surface area contributed by atoms with Gasteiger partial charge in [-0.3, -0.25) is 4.79 Å². The van der Waals surface area contributed by atoms with Crippen LogP contribution in [-0.4, -0.2) is 43.2 Å². The summed E-state index contributed by atoms with van der Waals surface area (Å²) in [6.45, 7) is 4.53. The molecule has 1 aromatic rings. The first kappa shape index (κ1) is 13.9. The lowest BCUT2D eigenvalue weighted by Gasteiger charge is -2.36. The molecule has 0 aliphatic carbocycles. The molecule has 102 valence electrons. The first-order valence-electron chi connectivity index (χ1n) is 6.13. The van der Waals surface area contributed by atoms with Gasteiger partial charge in [-0.25, -0.2) is 0 Å². The van der Waals surface area contributed by atoms with Crippen molar-refractivity contribution >= 4 is 39.4 Å². The second-order valence-corrected chi connectivity index (χ2v) is 5.48. The van der Waals surface area contributed by atoms with E-state index in [-0.39, 0.29) is 5.91 Å². The lowest BCUT2D eigenvalue weighted by molar-refractivity contribution is -0.129. The maximum absolute atomic E-state index is 11.3. The maximum atomic E-state index is 11.3. The molecule has 19 heavy (non-hydrogen) atoms. The van der Waals surface area contributed by atoms with Crippen LogP contribution in [0.5, 0.6) is 0 Å². The van der Waals surface area contributed by atoms with Gasteiger partial charge in [0.05, 0.1) is 0 Å². The Kier molecular flexibility index (Phi) is 4.09. The summed E-state index contributed by atoms with van der Waals surface area (Å²) in [5.41, 5.74) is 8.22. The van der Waals surface area contributed by atoms with Gasteiger partial charge in [0.1, 0.15) is 0 Å². The molecule has 1 amide bonds. The monoisotopic (exact) mass is 324 g/mol. The van der Waals surface area contributed by atoms with E-state index in [2.05, 4.69) is 20.8 Å². The zero-order valence-corrected chi connectivity index (χ0v) is 12.4. The molecule has 0 radical (unpaired) electrons. The minimum absolute atomic E-state index is 0.112. The molecular formula is C13H17BrN4O. The third kappa shape index (κ3) is 2.89. The number of piperazine rings is 1. The van der Waals surface area contributed by atoms with Gasteiger partial charge in [-0.15, -0.1) is 0 Å². The molecule has 1 aromatic carbocycles. The summed E-state index contributed by atoms with van der Waals surface area (Å²) in [5.74, 6) is 0.112. The van der Waals surface area contributed by atoms with E-state index in [0.717, 1.165) is 28.8 Å². The number of benzene rings is 1. The molecule has 0 unspecified atom stereocenters. The fourth-order valence-electron chi connectivity index (χ4n) is 2.31. The molecule has 1 fully saturated rings. The predicted octanol–water partition coefficient (Wildman–Crippen LogP) is 1.70. The van der Waals surface area contributed by atoms with E-state index in [0.29, 0.717) is 18.8 Å². The molecule has 5 nitrogen and oxygen atoms in total. The van der Waals surface area contributed by atoms with Gasteiger partial charge in [0, 0.05) is 60.7 Å². The summed E-state index contributed by atoms with van der Waals surface area (Å²) in [6, 6.07) is 3.77. The van der Waals surface area contributed by atoms with Crippen molar-refractivity contribution in [2.75, 3.05) is 36.8 Å². The molecule has 0 saturated carbocycles. The van der Waals surface area contributed by atoms with E-state index in [4.69, 9.17) is 11.1 Å². The number of nitrogens with two attached hydrogens (primary N) is 1. The van der Waals surface area contributed by atoms with E-state index in [9.17, 15) is 4.79 Å². The second-order valence-electron chi connectivity index (χ2n) is 4.57. The number of rotatable bonds is 2. The number of nitrogens with one attached hydrogen (secondary N) is 1. The van der Waals surface area contributed by atoms with E-state index in [1.165, 1.54) is 6.21 Å². The molecule has 0 bridgehead atoms. The lowest BCUT2D eigenvalue weighted by atomic mass is 10.1. The largest absolute Gasteiger partial charge is 0.398 e. The summed E-state index contributed by atoms with van der Waals surface area (Å²) < 4.78 is 0.902. The average molecular weight is 325 g/mol. The Morgan fingerprint density at radius 2 is 2.00 bits per heavy atom. The van der Waals surface area contributed by atoms with Crippen LogP contribution >= 0.6 is 15.9 Å². The number of amides is 1. The summed E-state index contributed by atoms with van der Waals surface area (Å²) in [7, 11) is 0. The van der Waals surface area contributed by atoms with Gasteiger partial charge < -0.3 is 20.9 Å². The van der Waals surface area contributed by atoms with Crippen LogP contribution in [-0.2, 0) is 4.79 Å². The quantitative estimate of drug-likeness (QED) is 0.642. The van der Waals surface area contributed by atoms with Crippen LogP contribution in [0.15, 0.2) is 16.6 Å². The Balaban J connectivity index is 2.24. The molecule has 1 saturated heterocycles. The van der Waals surface area contributed by atoms with Crippen molar-refractivity contribution in [3.63, 3.8) is 0 Å². The molecule has 2 rings (SSSR count). The van der Waals surface area contributed by atoms with Gasteiger partial charge in [-0.1, -0.05) is 15.9 Å². The number of carbonyl (C=O) groups is 1. The van der Waals surface area contributed by atoms with Crippen LogP contribution in [0.25, 0.3) is 0 Å². The van der Waals surface area contributed by atoms with Gasteiger partial charge in [0.25, 0.3) is 0 Å². The highest BCUT2D eigenvalue weighted by atomic mass is 79.9. The van der Waals surface area contributed by atoms with E-state index in [1.54, 1.807) is 13.0 Å². The smallest absolute Gasteiger partial charge is 0.219 e. The Morgan fingerprint density at radius 1 is 1.37 bits per heavy atom. The molecule has 3 N–H and O–H groups in total. The lowest BCUT2D eigenvalue weighted by Crippen LogP contribution is -2.48. The zero-order chi connectivity index (χ0) is 14.0. The SMILES string of the molecule is CC(=O)N1CCN(c2cc(Br)cc(N)c2C=N)CC1. The third-order valence-electron chi connectivity index (χ3n) is 3.36. The fraction of sp³-hybridized carbons (Fsp3) is 0.385. The van der Waals surface area contributed by atoms with Crippen molar-refractivity contribution in [1.82, 2.24) is 4.90 Å². The summed E-state index contributed by atoms with van der Waals surface area (Å²) >= 11 is 3.43. The Hall–Kier alpha value is -1.56. The van der Waals surface area contributed by atoms with Crippen LogP contribution < -0.4 is 10.6 Å². The van der Waals surface area contributed by atoms with Crippen molar-refractivity contribution in [3.8, 4) is 0 Å². The number of anilines is 2. The number of halogens is 1. The van der Waals surface area contributed by atoms with E-state index in [1.807, 2.05) is 11.0 Å². The van der Waals surface area contributed by atoms with Gasteiger partial charge in [0.2, 0.25) is 5.91 Å². The Labute approximate surface area is 121 Å². The van der Waals surface area contributed by atoms with E-state index < -0.39 is 0 Å². The molecule has 6 heteroatoms. The van der Waals surface area contributed by atoms with Gasteiger partial charge in [-0.2, -0.15) is 0 Å². The highest BCUT2D eigenvalue weighted by Gasteiger charge is 2.21. The highest BCUT2D eigenvalue weighted by molar-refractivity contribution is 9.10. The van der Waals surface area contributed by atoms with Crippen molar-refractivity contribution in [2.45, 2.75) is 6.92 Å². The first-order chi connectivity index (χ1) is 9.02. The van der Waals surface area contributed by atoms with Crippen LogP contribution in [0.3, 0.4) is 0 Å². The van der Waals surface area contributed by atoms with Gasteiger partial charge >= 0.3 is 0 Å². The first-order valence-corrected chi connectivity index (χ1v) is 6.92. The molecular weight excluding hydrogens is 308 g/mol. The van der Waals surface area contributed by atoms with Crippen LogP contribution in [0, 0.1) is 5.41 Å². The number of carbonyl (C=O) groups excluding carboxylic acids is 1. The van der Waals surface area contributed by atoms with Crippen molar-refractivity contribution in [3.05, 3.63) is 22.2 Å². The van der Waals surface area contributed by atoms with Gasteiger partial charge in [-0.05, 0) is 12.1 Å². The summed E-state index contributed by atoms with van der Waals surface area (Å²) in [4.78, 5) is 15.3. The van der Waals surface area contributed by atoms with Crippen LogP contribution in [0.2, 0.25) is 0 Å². The highest BCUT2D eigenvalue weighted by Crippen LogP contribution is 2.29. The molecule has 0 atom stereocenters. The van der Waals surface area contributed by atoms with Gasteiger partial charge in [0.15, 0.2) is 0 Å². The van der Waals surface area contributed by atoms with Crippen LogP contribution in [0.1, 0.15) is 12.5 Å². The standard InChI is InChI=1S/C13H17BrN4O/c1-9(19)17-2-4-18(5-3-17)13-7-10(14)6-12(16)11(13)8-15/h6-8,15H,2-5,16H2,1H3. The molecule has 1 heterocycles. The molecule has 0 aromatic heterocycles. The predicted molar refractivity (Wildman–Crippen MR) is 80.9 cm³/mol. The minimum atomic E-state index is 0.112. The van der Waals surface area contributed by atoms with Crippen molar-refractivity contribution in [2.24, 2.45) is 0 Å².